The van der Waals surface area contributed by atoms with Crippen LogP contribution in [0.4, 0.5) is 0 Å². The van der Waals surface area contributed by atoms with Crippen LogP contribution in [0.15, 0.2) is 28.4 Å². The van der Waals surface area contributed by atoms with Gasteiger partial charge in [0.25, 0.3) is 5.91 Å². The zero-order valence-corrected chi connectivity index (χ0v) is 16.0. The lowest BCUT2D eigenvalue weighted by Gasteiger charge is -2.12. The first kappa shape index (κ1) is 19.3. The van der Waals surface area contributed by atoms with Crippen molar-refractivity contribution in [3.05, 3.63) is 24.2 Å². The van der Waals surface area contributed by atoms with Gasteiger partial charge in [-0.05, 0) is 20.8 Å². The molecule has 0 aliphatic carbocycles. The number of carbonyl (C=O) groups is 1. The maximum atomic E-state index is 11.2. The van der Waals surface area contributed by atoms with Gasteiger partial charge in [0.15, 0.2) is 11.9 Å². The number of amidine groups is 1. The van der Waals surface area contributed by atoms with Crippen molar-refractivity contribution in [2.45, 2.75) is 39.5 Å². The van der Waals surface area contributed by atoms with E-state index in [1.54, 1.807) is 19.2 Å². The van der Waals surface area contributed by atoms with Gasteiger partial charge >= 0.3 is 0 Å². The van der Waals surface area contributed by atoms with Gasteiger partial charge in [-0.15, -0.1) is 0 Å². The average Bonchev–Trinajstić information content (AvgIpc) is 2.98. The number of nitrogens with two attached hydrogens (primary N) is 2. The molecule has 0 unspecified atom stereocenters. The van der Waals surface area contributed by atoms with Crippen LogP contribution >= 0.6 is 0 Å². The van der Waals surface area contributed by atoms with Crippen LogP contribution < -0.4 is 20.9 Å². The van der Waals surface area contributed by atoms with E-state index < -0.39 is 12.0 Å². The fraction of sp³-hybridized carbons (Fsp3) is 0.389. The van der Waals surface area contributed by atoms with Crippen molar-refractivity contribution >= 4 is 18.1 Å². The van der Waals surface area contributed by atoms with Gasteiger partial charge in [-0.25, -0.2) is 15.0 Å². The summed E-state index contributed by atoms with van der Waals surface area (Å²) in [5.41, 5.74) is 12.0. The third-order valence-electron chi connectivity index (χ3n) is 3.95. The monoisotopic (exact) mass is 385 g/mol. The summed E-state index contributed by atoms with van der Waals surface area (Å²) in [7, 11) is 0. The number of hydrogen-bond donors (Lipinski definition) is 2. The standard InChI is InChI=1S/C18H23N7O3/c1-10(2)23-17(22-9-19)13-8-25-4-5-27-14-6-15(28-11(3)16(20)26)21-7-12(14)18(25)24-13/h6-11H,4-5H2,1-3H3,(H2,20,26)(H2,19,22,23)/t11-/m1/s1. The predicted molar refractivity (Wildman–Crippen MR) is 105 cm³/mol. The Morgan fingerprint density at radius 2 is 2.21 bits per heavy atom. The summed E-state index contributed by atoms with van der Waals surface area (Å²) in [6.45, 7) is 6.49. The Balaban J connectivity index is 1.99. The molecule has 148 valence electrons. The number of aliphatic imine (C=N–C) groups is 2. The van der Waals surface area contributed by atoms with Crippen molar-refractivity contribution in [2.24, 2.45) is 21.5 Å². The Labute approximate surface area is 162 Å². The van der Waals surface area contributed by atoms with E-state index in [1.165, 1.54) is 6.34 Å². The first-order valence-electron chi connectivity index (χ1n) is 8.87. The molecule has 3 heterocycles. The van der Waals surface area contributed by atoms with E-state index in [0.717, 1.165) is 0 Å². The quantitative estimate of drug-likeness (QED) is 0.574. The maximum absolute atomic E-state index is 11.2. The highest BCUT2D eigenvalue weighted by Crippen LogP contribution is 2.33. The van der Waals surface area contributed by atoms with Gasteiger partial charge in [0.1, 0.15) is 23.9 Å². The topological polar surface area (TPSA) is 143 Å². The molecule has 1 atom stereocenters. The molecule has 0 saturated carbocycles. The molecule has 4 N–H and O–H groups in total. The lowest BCUT2D eigenvalue weighted by Crippen LogP contribution is -2.30. The van der Waals surface area contributed by atoms with E-state index in [2.05, 4.69) is 20.0 Å². The smallest absolute Gasteiger partial charge is 0.258 e. The van der Waals surface area contributed by atoms with E-state index >= 15 is 0 Å². The fourth-order valence-corrected chi connectivity index (χ4v) is 2.65. The number of ether oxygens (including phenoxy) is 2. The van der Waals surface area contributed by atoms with Crippen molar-refractivity contribution in [2.75, 3.05) is 6.61 Å². The Bertz CT molecular complexity index is 933. The van der Waals surface area contributed by atoms with Crippen LogP contribution in [-0.4, -0.2) is 51.4 Å². The van der Waals surface area contributed by atoms with Gasteiger partial charge in [0, 0.05) is 24.5 Å². The van der Waals surface area contributed by atoms with Crippen molar-refractivity contribution in [3.63, 3.8) is 0 Å². The molecule has 2 aromatic heterocycles. The number of imidazole rings is 1. The summed E-state index contributed by atoms with van der Waals surface area (Å²) in [6.07, 6.45) is 3.86. The van der Waals surface area contributed by atoms with E-state index in [0.29, 0.717) is 41.8 Å². The van der Waals surface area contributed by atoms with E-state index in [1.807, 2.05) is 24.6 Å². The van der Waals surface area contributed by atoms with Crippen LogP contribution in [0, 0.1) is 0 Å². The molecular formula is C18H23N7O3. The lowest BCUT2D eigenvalue weighted by atomic mass is 10.2. The number of carbonyl (C=O) groups excluding carboxylic acids is 1. The average molecular weight is 385 g/mol. The van der Waals surface area contributed by atoms with Gasteiger partial charge in [0.2, 0.25) is 5.88 Å². The zero-order valence-electron chi connectivity index (χ0n) is 16.0. The van der Waals surface area contributed by atoms with Gasteiger partial charge in [-0.1, -0.05) is 0 Å². The molecule has 3 rings (SSSR count). The van der Waals surface area contributed by atoms with Gasteiger partial charge < -0.3 is 25.5 Å². The van der Waals surface area contributed by atoms with Crippen LogP contribution in [0.25, 0.3) is 11.4 Å². The van der Waals surface area contributed by atoms with Crippen LogP contribution in [0.5, 0.6) is 11.6 Å². The second kappa shape index (κ2) is 8.07. The Kier molecular flexibility index (Phi) is 5.57. The molecule has 0 saturated heterocycles. The number of fused-ring (bicyclic) bond motifs is 3. The summed E-state index contributed by atoms with van der Waals surface area (Å²) in [6, 6.07) is 1.67. The minimum Gasteiger partial charge on any atom is -0.491 e. The molecule has 0 aromatic carbocycles. The fourth-order valence-electron chi connectivity index (χ4n) is 2.65. The van der Waals surface area contributed by atoms with Crippen molar-refractivity contribution in [3.8, 4) is 23.0 Å². The number of hydrogen-bond acceptors (Lipinski definition) is 6. The first-order chi connectivity index (χ1) is 13.4. The summed E-state index contributed by atoms with van der Waals surface area (Å²) in [5.74, 6) is 1.37. The molecule has 10 nitrogen and oxygen atoms in total. The summed E-state index contributed by atoms with van der Waals surface area (Å²) in [4.78, 5) is 28.7. The first-order valence-corrected chi connectivity index (χ1v) is 8.87. The van der Waals surface area contributed by atoms with Gasteiger partial charge in [0.05, 0.1) is 18.4 Å². The van der Waals surface area contributed by atoms with Crippen LogP contribution in [0.1, 0.15) is 26.5 Å². The second-order valence-corrected chi connectivity index (χ2v) is 6.50. The lowest BCUT2D eigenvalue weighted by molar-refractivity contribution is -0.124. The van der Waals surface area contributed by atoms with Gasteiger partial charge in [-0.2, -0.15) is 0 Å². The van der Waals surface area contributed by atoms with Crippen LogP contribution in [-0.2, 0) is 11.3 Å². The molecule has 1 aliphatic rings. The summed E-state index contributed by atoms with van der Waals surface area (Å²) in [5, 5.41) is 0. The van der Waals surface area contributed by atoms with Crippen LogP contribution in [0.2, 0.25) is 0 Å². The van der Waals surface area contributed by atoms with E-state index in [-0.39, 0.29) is 11.9 Å². The molecule has 0 spiro atoms. The third kappa shape index (κ3) is 4.11. The number of amides is 1. The zero-order chi connectivity index (χ0) is 20.3. The molecule has 1 aliphatic heterocycles. The number of aromatic nitrogens is 3. The Hall–Kier alpha value is -3.43. The minimum atomic E-state index is -0.797. The number of pyridine rings is 1. The molecule has 2 aromatic rings. The number of primary amides is 1. The van der Waals surface area contributed by atoms with Crippen LogP contribution in [0.3, 0.4) is 0 Å². The second-order valence-electron chi connectivity index (χ2n) is 6.50. The van der Waals surface area contributed by atoms with Gasteiger partial charge in [-0.3, -0.25) is 9.79 Å². The van der Waals surface area contributed by atoms with Crippen molar-refractivity contribution < 1.29 is 14.3 Å². The molecule has 0 radical (unpaired) electrons. The SMILES string of the molecule is CC(C)N=C(N=CN)c1cn2c(n1)-c1cnc(O[C@H](C)C(N)=O)cc1OCC2. The van der Waals surface area contributed by atoms with Crippen molar-refractivity contribution in [1.29, 1.82) is 0 Å². The summed E-state index contributed by atoms with van der Waals surface area (Å²) < 4.78 is 13.2. The highest BCUT2D eigenvalue weighted by atomic mass is 16.5. The number of rotatable bonds is 5. The molecule has 0 fully saturated rings. The molecular weight excluding hydrogens is 362 g/mol. The molecule has 10 heteroatoms. The van der Waals surface area contributed by atoms with E-state index in [4.69, 9.17) is 20.9 Å². The maximum Gasteiger partial charge on any atom is 0.258 e. The third-order valence-corrected chi connectivity index (χ3v) is 3.95. The molecule has 1 amide bonds. The Morgan fingerprint density at radius 1 is 1.43 bits per heavy atom. The minimum absolute atomic E-state index is 0.0458. The molecule has 0 bridgehead atoms. The highest BCUT2D eigenvalue weighted by Gasteiger charge is 2.22. The van der Waals surface area contributed by atoms with E-state index in [9.17, 15) is 4.79 Å². The summed E-state index contributed by atoms with van der Waals surface area (Å²) >= 11 is 0. The van der Waals surface area contributed by atoms with Crippen molar-refractivity contribution in [1.82, 2.24) is 14.5 Å². The Morgan fingerprint density at radius 3 is 2.89 bits per heavy atom. The highest BCUT2D eigenvalue weighted by molar-refractivity contribution is 6.01. The number of nitrogens with zero attached hydrogens (tertiary/aromatic N) is 5. The largest absolute Gasteiger partial charge is 0.491 e. The normalized spacial score (nSPS) is 14.9. The predicted octanol–water partition coefficient (Wildman–Crippen LogP) is 0.732. The molecule has 28 heavy (non-hydrogen) atoms.